The van der Waals surface area contributed by atoms with Gasteiger partial charge in [0, 0.05) is 10.6 Å². The van der Waals surface area contributed by atoms with Crippen LogP contribution in [0.25, 0.3) is 0 Å². The molecule has 2 unspecified atom stereocenters. The lowest BCUT2D eigenvalue weighted by atomic mass is 10.1. The highest BCUT2D eigenvalue weighted by molar-refractivity contribution is 7.89. The minimum Gasteiger partial charge on any atom is -0.488 e. The summed E-state index contributed by atoms with van der Waals surface area (Å²) in [4.78, 5) is 11.2. The number of aliphatic carboxylic acids is 1. The van der Waals surface area contributed by atoms with Crippen LogP contribution in [0.15, 0.2) is 53.4 Å². The summed E-state index contributed by atoms with van der Waals surface area (Å²) in [7, 11) is -3.70. The fourth-order valence-corrected chi connectivity index (χ4v) is 4.60. The number of para-hydroxylation sites is 1. The number of sulfonamides is 1. The maximum atomic E-state index is 12.6. The van der Waals surface area contributed by atoms with E-state index in [1.54, 1.807) is 24.3 Å². The van der Waals surface area contributed by atoms with Gasteiger partial charge in [0.1, 0.15) is 11.9 Å². The molecule has 144 valence electrons. The maximum Gasteiger partial charge on any atom is 0.307 e. The molecule has 6 nitrogen and oxygen atoms in total. The van der Waals surface area contributed by atoms with Gasteiger partial charge >= 0.3 is 5.97 Å². The van der Waals surface area contributed by atoms with Crippen LogP contribution in [0, 0.1) is 0 Å². The predicted molar refractivity (Wildman–Crippen MR) is 102 cm³/mol. The third kappa shape index (κ3) is 5.00. The molecule has 2 atom stereocenters. The van der Waals surface area contributed by atoms with Gasteiger partial charge in [-0.25, -0.2) is 13.1 Å². The molecule has 0 spiro atoms. The summed E-state index contributed by atoms with van der Waals surface area (Å²) < 4.78 is 34.0. The number of carbonyl (C=O) groups is 1. The standard InChI is InChI=1S/C19H20ClNO5S/c20-14-8-10-15(11-9-14)27(24,25)21-16-5-3-7-18(16)26-17-6-2-1-4-13(17)12-19(22)23/h1-2,4,6,8-11,16,18,21H,3,5,7,12H2,(H,22,23). The lowest BCUT2D eigenvalue weighted by molar-refractivity contribution is -0.136. The Bertz CT molecular complexity index is 914. The number of hydrogen-bond donors (Lipinski definition) is 2. The van der Waals surface area contributed by atoms with Gasteiger partial charge in [-0.2, -0.15) is 0 Å². The normalized spacial score (nSPS) is 19.7. The first kappa shape index (κ1) is 19.7. The first-order valence-corrected chi connectivity index (χ1v) is 10.5. The van der Waals surface area contributed by atoms with E-state index in [2.05, 4.69) is 4.72 Å². The highest BCUT2D eigenvalue weighted by Gasteiger charge is 2.33. The Morgan fingerprint density at radius 3 is 2.56 bits per heavy atom. The van der Waals surface area contributed by atoms with E-state index in [-0.39, 0.29) is 23.5 Å². The topological polar surface area (TPSA) is 92.7 Å². The van der Waals surface area contributed by atoms with E-state index < -0.39 is 16.0 Å². The number of halogens is 1. The lowest BCUT2D eigenvalue weighted by Crippen LogP contribution is -2.42. The van der Waals surface area contributed by atoms with E-state index in [1.807, 2.05) is 0 Å². The largest absolute Gasteiger partial charge is 0.488 e. The number of carboxylic acid groups (broad SMARTS) is 1. The number of carboxylic acids is 1. The van der Waals surface area contributed by atoms with Crippen molar-refractivity contribution in [3.05, 3.63) is 59.1 Å². The Hall–Kier alpha value is -2.09. The molecule has 2 N–H and O–H groups in total. The van der Waals surface area contributed by atoms with E-state index in [4.69, 9.17) is 21.4 Å². The van der Waals surface area contributed by atoms with Gasteiger partial charge in [-0.3, -0.25) is 4.79 Å². The Kier molecular flexibility index (Phi) is 6.04. The van der Waals surface area contributed by atoms with Gasteiger partial charge in [0.2, 0.25) is 10.0 Å². The quantitative estimate of drug-likeness (QED) is 0.732. The second-order valence-electron chi connectivity index (χ2n) is 6.45. The average molecular weight is 410 g/mol. The van der Waals surface area contributed by atoms with Crippen LogP contribution >= 0.6 is 11.6 Å². The van der Waals surface area contributed by atoms with Gasteiger partial charge in [0.25, 0.3) is 0 Å². The van der Waals surface area contributed by atoms with Crippen LogP contribution in [0.5, 0.6) is 5.75 Å². The smallest absolute Gasteiger partial charge is 0.307 e. The number of nitrogens with one attached hydrogen (secondary N) is 1. The van der Waals surface area contributed by atoms with Gasteiger partial charge in [-0.15, -0.1) is 0 Å². The van der Waals surface area contributed by atoms with Crippen LogP contribution in [0.1, 0.15) is 24.8 Å². The van der Waals surface area contributed by atoms with Gasteiger partial charge in [-0.05, 0) is 49.6 Å². The van der Waals surface area contributed by atoms with Crippen LogP contribution < -0.4 is 9.46 Å². The SMILES string of the molecule is O=C(O)Cc1ccccc1OC1CCCC1NS(=O)(=O)c1ccc(Cl)cc1. The van der Waals surface area contributed by atoms with Gasteiger partial charge < -0.3 is 9.84 Å². The minimum atomic E-state index is -3.70. The number of hydrogen-bond acceptors (Lipinski definition) is 4. The molecule has 0 aromatic heterocycles. The molecule has 0 bridgehead atoms. The van der Waals surface area contributed by atoms with Crippen molar-refractivity contribution in [1.29, 1.82) is 0 Å². The summed E-state index contributed by atoms with van der Waals surface area (Å²) in [6, 6.07) is 12.5. The Morgan fingerprint density at radius 2 is 1.85 bits per heavy atom. The zero-order valence-electron chi connectivity index (χ0n) is 14.5. The van der Waals surface area contributed by atoms with Crippen LogP contribution in [-0.2, 0) is 21.2 Å². The number of rotatable bonds is 7. The molecule has 1 saturated carbocycles. The zero-order valence-corrected chi connectivity index (χ0v) is 16.0. The molecule has 0 amide bonds. The molecule has 0 heterocycles. The molecule has 1 aliphatic carbocycles. The maximum absolute atomic E-state index is 12.6. The molecule has 3 rings (SSSR count). The average Bonchev–Trinajstić information content (AvgIpc) is 3.03. The van der Waals surface area contributed by atoms with Crippen LogP contribution in [0.3, 0.4) is 0 Å². The Labute approximate surface area is 163 Å². The van der Waals surface area contributed by atoms with Crippen molar-refractivity contribution in [3.63, 3.8) is 0 Å². The molecule has 27 heavy (non-hydrogen) atoms. The summed E-state index contributed by atoms with van der Waals surface area (Å²) >= 11 is 5.82. The summed E-state index contributed by atoms with van der Waals surface area (Å²) in [6.45, 7) is 0. The van der Waals surface area contributed by atoms with Crippen molar-refractivity contribution in [2.75, 3.05) is 0 Å². The van der Waals surface area contributed by atoms with E-state index in [0.717, 1.165) is 6.42 Å². The van der Waals surface area contributed by atoms with E-state index in [0.29, 0.717) is 29.2 Å². The number of benzene rings is 2. The predicted octanol–water partition coefficient (Wildman–Crippen LogP) is 3.25. The zero-order chi connectivity index (χ0) is 19.4. The first-order chi connectivity index (χ1) is 12.8. The number of ether oxygens (including phenoxy) is 1. The van der Waals surface area contributed by atoms with Crippen LogP contribution in [0.2, 0.25) is 5.02 Å². The minimum absolute atomic E-state index is 0.142. The summed E-state index contributed by atoms with van der Waals surface area (Å²) in [5.74, 6) is -0.472. The fraction of sp³-hybridized carbons (Fsp3) is 0.316. The third-order valence-corrected chi connectivity index (χ3v) is 6.23. The van der Waals surface area contributed by atoms with Crippen molar-refractivity contribution in [2.24, 2.45) is 0 Å². The second-order valence-corrected chi connectivity index (χ2v) is 8.60. The van der Waals surface area contributed by atoms with Crippen molar-refractivity contribution >= 4 is 27.6 Å². The molecule has 1 aliphatic rings. The van der Waals surface area contributed by atoms with Gasteiger partial charge in [0.15, 0.2) is 0 Å². The molecule has 8 heteroatoms. The van der Waals surface area contributed by atoms with Crippen LogP contribution in [-0.4, -0.2) is 31.6 Å². The highest BCUT2D eigenvalue weighted by Crippen LogP contribution is 2.28. The molecule has 2 aromatic rings. The molecule has 2 aromatic carbocycles. The summed E-state index contributed by atoms with van der Waals surface area (Å²) in [6.07, 6.45) is 1.65. The van der Waals surface area contributed by atoms with E-state index in [9.17, 15) is 13.2 Å². The summed E-state index contributed by atoms with van der Waals surface area (Å²) in [5.41, 5.74) is 0.566. The molecule has 1 fully saturated rings. The molecular weight excluding hydrogens is 390 g/mol. The second kappa shape index (κ2) is 8.29. The lowest BCUT2D eigenvalue weighted by Gasteiger charge is -2.23. The monoisotopic (exact) mass is 409 g/mol. The first-order valence-electron chi connectivity index (χ1n) is 8.59. The van der Waals surface area contributed by atoms with E-state index in [1.165, 1.54) is 24.3 Å². The van der Waals surface area contributed by atoms with Crippen molar-refractivity contribution < 1.29 is 23.1 Å². The van der Waals surface area contributed by atoms with Gasteiger partial charge in [-0.1, -0.05) is 29.8 Å². The van der Waals surface area contributed by atoms with Gasteiger partial charge in [0.05, 0.1) is 17.4 Å². The van der Waals surface area contributed by atoms with Crippen molar-refractivity contribution in [3.8, 4) is 5.75 Å². The van der Waals surface area contributed by atoms with Crippen molar-refractivity contribution in [1.82, 2.24) is 4.72 Å². The summed E-state index contributed by atoms with van der Waals surface area (Å²) in [5, 5.41) is 9.51. The Balaban J connectivity index is 1.74. The van der Waals surface area contributed by atoms with E-state index >= 15 is 0 Å². The Morgan fingerprint density at radius 1 is 1.15 bits per heavy atom. The third-order valence-electron chi connectivity index (χ3n) is 4.48. The molecule has 0 saturated heterocycles. The fourth-order valence-electron chi connectivity index (χ4n) is 3.17. The van der Waals surface area contributed by atoms with Crippen LogP contribution in [0.4, 0.5) is 0 Å². The van der Waals surface area contributed by atoms with Crippen molar-refractivity contribution in [2.45, 2.75) is 42.7 Å². The molecular formula is C19H20ClNO5S. The molecule has 0 aliphatic heterocycles. The molecule has 0 radical (unpaired) electrons. The highest BCUT2D eigenvalue weighted by atomic mass is 35.5.